The van der Waals surface area contributed by atoms with Crippen LogP contribution in [0.15, 0.2) is 0 Å². The number of thioether (sulfide) groups is 1. The van der Waals surface area contributed by atoms with Gasteiger partial charge in [-0.2, -0.15) is 11.8 Å². The van der Waals surface area contributed by atoms with Gasteiger partial charge in [0.25, 0.3) is 0 Å². The van der Waals surface area contributed by atoms with Crippen LogP contribution in [-0.4, -0.2) is 101 Å². The van der Waals surface area contributed by atoms with Crippen molar-refractivity contribution in [2.45, 2.75) is 128 Å². The Kier molecular flexibility index (Phi) is 28.0. The normalized spacial score (nSPS) is 12.1. The molecule has 0 radical (unpaired) electrons. The Morgan fingerprint density at radius 3 is 1.65 bits per heavy atom. The average Bonchev–Trinajstić information content (AvgIpc) is 3.01. The molecule has 1 unspecified atom stereocenters. The lowest BCUT2D eigenvalue weighted by molar-refractivity contribution is -0.125. The van der Waals surface area contributed by atoms with Crippen molar-refractivity contribution < 1.29 is 39.5 Å². The highest BCUT2D eigenvalue weighted by Crippen LogP contribution is 2.13. The summed E-state index contributed by atoms with van der Waals surface area (Å²) in [5.74, 6) is 0.186. The van der Waals surface area contributed by atoms with Crippen LogP contribution in [0.4, 0.5) is 4.79 Å². The van der Waals surface area contributed by atoms with E-state index in [1.54, 1.807) is 0 Å². The Morgan fingerprint density at radius 2 is 1.16 bits per heavy atom. The second kappa shape index (κ2) is 29.1. The molecule has 0 rings (SSSR count). The van der Waals surface area contributed by atoms with Crippen molar-refractivity contribution in [1.29, 1.82) is 0 Å². The summed E-state index contributed by atoms with van der Waals surface area (Å²) in [7, 11) is 0. The van der Waals surface area contributed by atoms with Crippen LogP contribution in [0.2, 0.25) is 0 Å². The summed E-state index contributed by atoms with van der Waals surface area (Å²) in [4.78, 5) is 35.7. The molecule has 0 saturated heterocycles. The third-order valence-electron chi connectivity index (χ3n) is 7.25. The summed E-state index contributed by atoms with van der Waals surface area (Å²) in [6, 6.07) is 0. The maximum absolute atomic E-state index is 11.9. The van der Waals surface area contributed by atoms with Crippen molar-refractivity contribution in [3.63, 3.8) is 0 Å². The van der Waals surface area contributed by atoms with Gasteiger partial charge in [-0.25, -0.2) is 4.79 Å². The van der Waals surface area contributed by atoms with Gasteiger partial charge in [0, 0.05) is 37.4 Å². The van der Waals surface area contributed by atoms with Crippen molar-refractivity contribution in [1.82, 2.24) is 16.0 Å². The van der Waals surface area contributed by atoms with E-state index in [9.17, 15) is 34.8 Å². The second-order valence-electron chi connectivity index (χ2n) is 11.3. The van der Waals surface area contributed by atoms with Gasteiger partial charge in [-0.3, -0.25) is 9.59 Å². The molecule has 43 heavy (non-hydrogen) atoms. The van der Waals surface area contributed by atoms with Crippen LogP contribution in [0.3, 0.4) is 0 Å². The van der Waals surface area contributed by atoms with Crippen molar-refractivity contribution >= 4 is 29.7 Å². The average molecular weight is 636 g/mol. The van der Waals surface area contributed by atoms with Crippen LogP contribution < -0.4 is 16.0 Å². The third-order valence-corrected chi connectivity index (χ3v) is 8.24. The number of hydrogen-bond donors (Lipinski definition) is 7. The van der Waals surface area contributed by atoms with Crippen LogP contribution in [-0.2, 0) is 14.3 Å². The van der Waals surface area contributed by atoms with E-state index in [0.29, 0.717) is 18.1 Å². The molecule has 0 aliphatic heterocycles. The van der Waals surface area contributed by atoms with E-state index < -0.39 is 43.5 Å². The molecular formula is C31H61N3O8S. The van der Waals surface area contributed by atoms with E-state index in [2.05, 4.69) is 22.9 Å². The number of carbonyl (C=O) groups is 3. The fourth-order valence-corrected chi connectivity index (χ4v) is 5.21. The number of ether oxygens (including phenoxy) is 1. The smallest absolute Gasteiger partial charge is 0.407 e. The Hall–Kier alpha value is -1.60. The zero-order valence-corrected chi connectivity index (χ0v) is 27.4. The minimum absolute atomic E-state index is 0.0379. The van der Waals surface area contributed by atoms with Gasteiger partial charge < -0.3 is 41.1 Å². The minimum atomic E-state index is -1.45. The Balaban J connectivity index is 3.58. The first-order valence-corrected chi connectivity index (χ1v) is 17.5. The number of nitrogens with one attached hydrogen (secondary N) is 3. The molecule has 7 N–H and O–H groups in total. The highest BCUT2D eigenvalue weighted by Gasteiger charge is 2.29. The first-order valence-electron chi connectivity index (χ1n) is 16.4. The van der Waals surface area contributed by atoms with Gasteiger partial charge in [0.2, 0.25) is 11.8 Å². The summed E-state index contributed by atoms with van der Waals surface area (Å²) >= 11 is 1.38. The highest BCUT2D eigenvalue weighted by molar-refractivity contribution is 7.99. The molecular weight excluding hydrogens is 574 g/mol. The summed E-state index contributed by atoms with van der Waals surface area (Å²) in [5, 5.41) is 45.4. The van der Waals surface area contributed by atoms with Crippen molar-refractivity contribution in [2.75, 3.05) is 51.0 Å². The summed E-state index contributed by atoms with van der Waals surface area (Å²) < 4.78 is 5.01. The fourth-order valence-electron chi connectivity index (χ4n) is 4.35. The SMILES string of the molecule is CCCCCCCCCCCCCCCCCNC(=O)OCC(O)CNC(=O)CCSCCC(=O)NC(CO)(CO)CO. The van der Waals surface area contributed by atoms with Crippen molar-refractivity contribution in [3.8, 4) is 0 Å². The van der Waals surface area contributed by atoms with Crippen LogP contribution in [0, 0.1) is 0 Å². The summed E-state index contributed by atoms with van der Waals surface area (Å²) in [6.45, 7) is 0.788. The van der Waals surface area contributed by atoms with E-state index >= 15 is 0 Å². The quantitative estimate of drug-likeness (QED) is 0.0583. The van der Waals surface area contributed by atoms with Gasteiger partial charge in [0.05, 0.1) is 19.8 Å². The fraction of sp³-hybridized carbons (Fsp3) is 0.903. The maximum Gasteiger partial charge on any atom is 0.407 e. The van der Waals surface area contributed by atoms with Gasteiger partial charge in [-0.1, -0.05) is 96.8 Å². The number of rotatable bonds is 30. The molecule has 0 aromatic heterocycles. The zero-order valence-electron chi connectivity index (χ0n) is 26.6. The van der Waals surface area contributed by atoms with E-state index in [1.807, 2.05) is 0 Å². The Morgan fingerprint density at radius 1 is 0.698 bits per heavy atom. The third kappa shape index (κ3) is 25.4. The van der Waals surface area contributed by atoms with Crippen molar-refractivity contribution in [2.24, 2.45) is 0 Å². The predicted molar refractivity (Wildman–Crippen MR) is 172 cm³/mol. The number of aliphatic hydroxyl groups excluding tert-OH is 4. The number of unbranched alkanes of at least 4 members (excludes halogenated alkanes) is 14. The largest absolute Gasteiger partial charge is 0.447 e. The molecule has 0 spiro atoms. The molecule has 0 aromatic rings. The molecule has 11 nitrogen and oxygen atoms in total. The van der Waals surface area contributed by atoms with Gasteiger partial charge in [-0.05, 0) is 6.42 Å². The molecule has 254 valence electrons. The Labute approximate surface area is 263 Å². The zero-order chi connectivity index (χ0) is 32.0. The molecule has 3 amide bonds. The second-order valence-corrected chi connectivity index (χ2v) is 12.6. The molecule has 0 aliphatic carbocycles. The molecule has 0 saturated carbocycles. The lowest BCUT2D eigenvalue weighted by Gasteiger charge is -2.28. The summed E-state index contributed by atoms with van der Waals surface area (Å²) in [6.07, 6.45) is 18.0. The number of amides is 3. The standard InChI is InChI=1S/C31H61N3O8S/c1-2-3-4-5-6-7-8-9-10-11-12-13-14-15-16-19-32-30(41)42-23-27(38)22-33-28(39)17-20-43-21-18-29(40)34-31(24-35,25-36)26-37/h27,35-38H,2-26H2,1H3,(H,32,41)(H,33,39)(H,34,40). The molecule has 12 heteroatoms. The number of hydrogen-bond acceptors (Lipinski definition) is 9. The van der Waals surface area contributed by atoms with Crippen LogP contribution in [0.1, 0.15) is 116 Å². The predicted octanol–water partition coefficient (Wildman–Crippen LogP) is 3.41. The highest BCUT2D eigenvalue weighted by atomic mass is 32.2. The van der Waals surface area contributed by atoms with E-state index in [4.69, 9.17) is 4.74 Å². The van der Waals surface area contributed by atoms with Gasteiger partial charge >= 0.3 is 6.09 Å². The van der Waals surface area contributed by atoms with Crippen molar-refractivity contribution in [3.05, 3.63) is 0 Å². The van der Waals surface area contributed by atoms with Gasteiger partial charge in [0.15, 0.2) is 0 Å². The summed E-state index contributed by atoms with van der Waals surface area (Å²) in [5.41, 5.74) is -1.45. The lowest BCUT2D eigenvalue weighted by Crippen LogP contribution is -2.57. The van der Waals surface area contributed by atoms with Crippen LogP contribution >= 0.6 is 11.8 Å². The van der Waals surface area contributed by atoms with Gasteiger partial charge in [0.1, 0.15) is 18.2 Å². The Bertz CT molecular complexity index is 690. The van der Waals surface area contributed by atoms with E-state index in [1.165, 1.54) is 95.2 Å². The lowest BCUT2D eigenvalue weighted by atomic mass is 10.0. The van der Waals surface area contributed by atoms with Crippen LogP contribution in [0.25, 0.3) is 0 Å². The molecule has 0 aromatic carbocycles. The number of carbonyl (C=O) groups excluding carboxylic acids is 3. The van der Waals surface area contributed by atoms with E-state index in [-0.39, 0.29) is 31.9 Å². The minimum Gasteiger partial charge on any atom is -0.447 e. The van der Waals surface area contributed by atoms with E-state index in [0.717, 1.165) is 12.8 Å². The monoisotopic (exact) mass is 635 g/mol. The number of alkyl carbamates (subject to hydrolysis) is 1. The topological polar surface area (TPSA) is 177 Å². The molecule has 0 aliphatic rings. The first kappa shape index (κ1) is 41.4. The van der Waals surface area contributed by atoms with Gasteiger partial charge in [-0.15, -0.1) is 0 Å². The maximum atomic E-state index is 11.9. The molecule has 1 atom stereocenters. The molecule has 0 fully saturated rings. The van der Waals surface area contributed by atoms with Crippen LogP contribution in [0.5, 0.6) is 0 Å². The molecule has 0 bridgehead atoms. The molecule has 0 heterocycles. The first-order chi connectivity index (χ1) is 20.8. The number of aliphatic hydroxyl groups is 4.